The van der Waals surface area contributed by atoms with E-state index in [9.17, 15) is 14.4 Å². The Bertz CT molecular complexity index is 1080. The molecule has 0 unspecified atom stereocenters. The molecule has 6 heteroatoms. The van der Waals surface area contributed by atoms with Crippen LogP contribution in [0.4, 0.5) is 5.69 Å². The number of allylic oxidation sites excluding steroid dienone is 3. The van der Waals surface area contributed by atoms with E-state index in [4.69, 9.17) is 4.84 Å². The summed E-state index contributed by atoms with van der Waals surface area (Å²) >= 11 is 0. The van der Waals surface area contributed by atoms with Crippen LogP contribution in [0.2, 0.25) is 0 Å². The predicted octanol–water partition coefficient (Wildman–Crippen LogP) is 4.00. The van der Waals surface area contributed by atoms with Crippen molar-refractivity contribution in [1.29, 1.82) is 0 Å². The monoisotopic (exact) mass is 404 g/mol. The van der Waals surface area contributed by atoms with Gasteiger partial charge >= 0.3 is 5.97 Å². The van der Waals surface area contributed by atoms with Gasteiger partial charge in [0, 0.05) is 36.2 Å². The first kappa shape index (κ1) is 19.9. The second kappa shape index (κ2) is 7.44. The minimum atomic E-state index is -0.608. The molecule has 30 heavy (non-hydrogen) atoms. The molecule has 1 saturated heterocycles. The molecule has 0 bridgehead atoms. The van der Waals surface area contributed by atoms with Crippen molar-refractivity contribution in [2.45, 2.75) is 38.5 Å². The molecule has 2 aromatic rings. The third-order valence-corrected chi connectivity index (χ3v) is 5.77. The molecule has 2 aliphatic rings. The highest BCUT2D eigenvalue weighted by atomic mass is 16.7. The summed E-state index contributed by atoms with van der Waals surface area (Å²) in [5.74, 6) is -1.55. The van der Waals surface area contributed by atoms with Crippen molar-refractivity contribution < 1.29 is 19.2 Å². The van der Waals surface area contributed by atoms with Crippen LogP contribution in [-0.4, -0.2) is 29.4 Å². The minimum absolute atomic E-state index is 0.0356. The molecule has 0 aliphatic carbocycles. The van der Waals surface area contributed by atoms with Gasteiger partial charge in [0.05, 0.1) is 6.42 Å². The van der Waals surface area contributed by atoms with Crippen molar-refractivity contribution in [3.8, 4) is 0 Å². The van der Waals surface area contributed by atoms with Gasteiger partial charge in [0.25, 0.3) is 11.8 Å². The van der Waals surface area contributed by atoms with E-state index in [1.165, 1.54) is 10.9 Å². The number of anilines is 1. The van der Waals surface area contributed by atoms with Crippen molar-refractivity contribution in [1.82, 2.24) is 5.06 Å². The lowest BCUT2D eigenvalue weighted by atomic mass is 9.81. The molecule has 0 radical (unpaired) electrons. The Labute approximate surface area is 175 Å². The summed E-state index contributed by atoms with van der Waals surface area (Å²) in [5, 5.41) is 2.93. The maximum Gasteiger partial charge on any atom is 0.335 e. The number of hydrogen-bond acceptors (Lipinski definition) is 5. The van der Waals surface area contributed by atoms with Crippen molar-refractivity contribution in [2.24, 2.45) is 0 Å². The quantitative estimate of drug-likeness (QED) is 0.705. The maximum atomic E-state index is 12.4. The van der Waals surface area contributed by atoms with E-state index in [1.54, 1.807) is 6.08 Å². The molecular formula is C24H24N2O4. The molecule has 2 aromatic carbocycles. The number of rotatable bonds is 5. The van der Waals surface area contributed by atoms with Crippen molar-refractivity contribution in [2.75, 3.05) is 11.4 Å². The van der Waals surface area contributed by atoms with E-state index in [-0.39, 0.29) is 24.7 Å². The van der Waals surface area contributed by atoms with Crippen LogP contribution in [0.3, 0.4) is 0 Å². The van der Waals surface area contributed by atoms with E-state index < -0.39 is 17.8 Å². The normalized spacial score (nSPS) is 18.9. The molecule has 2 heterocycles. The Balaban J connectivity index is 1.63. The third-order valence-electron chi connectivity index (χ3n) is 5.77. The number of carbonyl (C=O) groups excluding carboxylic acids is 3. The van der Waals surface area contributed by atoms with Gasteiger partial charge < -0.3 is 9.74 Å². The van der Waals surface area contributed by atoms with Crippen LogP contribution in [0.5, 0.6) is 0 Å². The van der Waals surface area contributed by atoms with Gasteiger partial charge in [0.1, 0.15) is 0 Å². The Morgan fingerprint density at radius 3 is 2.53 bits per heavy atom. The van der Waals surface area contributed by atoms with Crippen molar-refractivity contribution in [3.63, 3.8) is 0 Å². The van der Waals surface area contributed by atoms with E-state index in [2.05, 4.69) is 49.6 Å². The Hall–Kier alpha value is -3.41. The fourth-order valence-corrected chi connectivity index (χ4v) is 4.40. The van der Waals surface area contributed by atoms with E-state index in [1.807, 2.05) is 18.2 Å². The smallest absolute Gasteiger partial charge is 0.335 e. The van der Waals surface area contributed by atoms with Crippen LogP contribution in [0.1, 0.15) is 38.7 Å². The van der Waals surface area contributed by atoms with Crippen LogP contribution in [0.25, 0.3) is 10.8 Å². The van der Waals surface area contributed by atoms with Crippen molar-refractivity contribution >= 4 is 34.2 Å². The highest BCUT2D eigenvalue weighted by molar-refractivity contribution is 6.01. The molecule has 0 atom stereocenters. The summed E-state index contributed by atoms with van der Waals surface area (Å²) in [6.45, 7) is 8.54. The molecule has 0 N–H and O–H groups in total. The van der Waals surface area contributed by atoms with Gasteiger partial charge in [-0.05, 0) is 28.5 Å². The van der Waals surface area contributed by atoms with Gasteiger partial charge in [-0.15, -0.1) is 5.06 Å². The zero-order valence-corrected chi connectivity index (χ0v) is 17.2. The Morgan fingerprint density at radius 2 is 1.83 bits per heavy atom. The summed E-state index contributed by atoms with van der Waals surface area (Å²) in [6.07, 6.45) is 3.91. The lowest BCUT2D eigenvalue weighted by Crippen LogP contribution is -2.34. The van der Waals surface area contributed by atoms with Crippen LogP contribution >= 0.6 is 0 Å². The highest BCUT2D eigenvalue weighted by Crippen LogP contribution is 2.50. The second-order valence-corrected chi connectivity index (χ2v) is 8.04. The van der Waals surface area contributed by atoms with Crippen LogP contribution in [-0.2, 0) is 24.6 Å². The lowest BCUT2D eigenvalue weighted by molar-refractivity contribution is -0.197. The lowest BCUT2D eigenvalue weighted by Gasteiger charge is -2.27. The standard InChI is InChI=1S/C24H24N2O4/c1-4-7-19-24(2,3)23-17-9-6-5-8-16(17)10-11-18(23)25(19)15-14-22(29)30-26-20(27)12-13-21(26)28/h4-11H,1,12-15H2,2-3H3. The summed E-state index contributed by atoms with van der Waals surface area (Å²) in [7, 11) is 0. The zero-order valence-electron chi connectivity index (χ0n) is 17.2. The number of nitrogens with zero attached hydrogens (tertiary/aromatic N) is 2. The molecule has 0 saturated carbocycles. The molecule has 0 spiro atoms. The molecule has 0 aromatic heterocycles. The number of benzene rings is 2. The van der Waals surface area contributed by atoms with Crippen molar-refractivity contribution in [3.05, 3.63) is 66.4 Å². The first-order valence-corrected chi connectivity index (χ1v) is 10.0. The Morgan fingerprint density at radius 1 is 1.13 bits per heavy atom. The number of fused-ring (bicyclic) bond motifs is 3. The number of hydroxylamine groups is 2. The first-order chi connectivity index (χ1) is 14.3. The van der Waals surface area contributed by atoms with Gasteiger partial charge in [-0.3, -0.25) is 9.59 Å². The zero-order chi connectivity index (χ0) is 21.5. The Kier molecular flexibility index (Phi) is 4.94. The van der Waals surface area contributed by atoms with Gasteiger partial charge in [-0.1, -0.05) is 56.8 Å². The van der Waals surface area contributed by atoms with Gasteiger partial charge in [-0.2, -0.15) is 0 Å². The van der Waals surface area contributed by atoms with Crippen LogP contribution < -0.4 is 4.90 Å². The summed E-state index contributed by atoms with van der Waals surface area (Å²) in [6, 6.07) is 12.4. The molecule has 4 rings (SSSR count). The fourth-order valence-electron chi connectivity index (χ4n) is 4.40. The fraction of sp³-hybridized carbons (Fsp3) is 0.292. The molecule has 1 fully saturated rings. The topological polar surface area (TPSA) is 66.9 Å². The summed E-state index contributed by atoms with van der Waals surface area (Å²) in [4.78, 5) is 42.9. The van der Waals surface area contributed by atoms with Gasteiger partial charge in [-0.25, -0.2) is 4.79 Å². The average Bonchev–Trinajstić information content (AvgIpc) is 3.15. The first-order valence-electron chi connectivity index (χ1n) is 10.0. The third kappa shape index (κ3) is 3.18. The number of amides is 2. The maximum absolute atomic E-state index is 12.4. The second-order valence-electron chi connectivity index (χ2n) is 8.04. The average molecular weight is 404 g/mol. The molecular weight excluding hydrogens is 380 g/mol. The number of hydrogen-bond donors (Lipinski definition) is 0. The predicted molar refractivity (Wildman–Crippen MR) is 114 cm³/mol. The number of carbonyl (C=O) groups is 3. The van der Waals surface area contributed by atoms with E-state index >= 15 is 0 Å². The molecule has 154 valence electrons. The van der Waals surface area contributed by atoms with Crippen LogP contribution in [0, 0.1) is 0 Å². The van der Waals surface area contributed by atoms with Crippen LogP contribution in [0.15, 0.2) is 60.8 Å². The van der Waals surface area contributed by atoms with Gasteiger partial charge in [0.15, 0.2) is 0 Å². The largest absolute Gasteiger partial charge is 0.343 e. The SMILES string of the molecule is C=CC=C1N(CCC(=O)ON2C(=O)CCC2=O)c2ccc3ccccc3c2C1(C)C. The molecule has 2 aliphatic heterocycles. The highest BCUT2D eigenvalue weighted by Gasteiger charge is 2.41. The molecule has 2 amide bonds. The summed E-state index contributed by atoms with van der Waals surface area (Å²) < 4.78 is 0. The summed E-state index contributed by atoms with van der Waals surface area (Å²) in [5.41, 5.74) is 2.99. The molecule has 6 nitrogen and oxygen atoms in total. The number of imide groups is 1. The van der Waals surface area contributed by atoms with E-state index in [0.717, 1.165) is 16.8 Å². The van der Waals surface area contributed by atoms with E-state index in [0.29, 0.717) is 11.6 Å². The minimum Gasteiger partial charge on any atom is -0.343 e. The van der Waals surface area contributed by atoms with Gasteiger partial charge in [0.2, 0.25) is 0 Å².